The zero-order valence-corrected chi connectivity index (χ0v) is 15.7. The Labute approximate surface area is 160 Å². The van der Waals surface area contributed by atoms with Gasteiger partial charge in [0.25, 0.3) is 0 Å². The van der Waals surface area contributed by atoms with E-state index in [4.69, 9.17) is 9.52 Å². The molecule has 0 saturated carbocycles. The first-order valence-corrected chi connectivity index (χ1v) is 9.52. The van der Waals surface area contributed by atoms with E-state index in [9.17, 15) is 9.59 Å². The lowest BCUT2D eigenvalue weighted by Crippen LogP contribution is -2.30. The van der Waals surface area contributed by atoms with Gasteiger partial charge in [0.2, 0.25) is 11.8 Å². The van der Waals surface area contributed by atoms with Crippen LogP contribution >= 0.6 is 11.3 Å². The van der Waals surface area contributed by atoms with E-state index in [1.165, 1.54) is 0 Å². The fraction of sp³-hybridized carbons (Fsp3) is 0.250. The molecule has 0 radical (unpaired) electrons. The monoisotopic (exact) mass is 384 g/mol. The molecule has 0 bridgehead atoms. The van der Waals surface area contributed by atoms with Gasteiger partial charge in [-0.25, -0.2) is 4.98 Å². The molecule has 3 aromatic rings. The van der Waals surface area contributed by atoms with Crippen molar-refractivity contribution in [1.82, 2.24) is 10.3 Å². The number of carbonyl (C=O) groups excluding carboxylic acids is 1. The number of benzene rings is 1. The van der Waals surface area contributed by atoms with Gasteiger partial charge in [-0.15, -0.1) is 0 Å². The molecule has 2 heterocycles. The van der Waals surface area contributed by atoms with Crippen LogP contribution in [0.1, 0.15) is 35.9 Å². The van der Waals surface area contributed by atoms with E-state index in [1.54, 1.807) is 18.3 Å². The number of aryl methyl sites for hydroxylation is 1. The zero-order valence-electron chi connectivity index (χ0n) is 14.8. The van der Waals surface area contributed by atoms with Crippen LogP contribution in [0.3, 0.4) is 0 Å². The largest absolute Gasteiger partial charge is 0.481 e. The van der Waals surface area contributed by atoms with Crippen molar-refractivity contribution in [2.45, 2.75) is 32.2 Å². The SMILES string of the molecule is Cc1oc(-c2ccsc2)nc1CC(=O)NC(CCC(=O)O)c1ccccc1. The highest BCUT2D eigenvalue weighted by molar-refractivity contribution is 7.08. The van der Waals surface area contributed by atoms with E-state index >= 15 is 0 Å². The van der Waals surface area contributed by atoms with Crippen molar-refractivity contribution in [3.63, 3.8) is 0 Å². The van der Waals surface area contributed by atoms with Gasteiger partial charge >= 0.3 is 5.97 Å². The summed E-state index contributed by atoms with van der Waals surface area (Å²) in [5.74, 6) is -0.00405. The number of aliphatic carboxylic acids is 1. The predicted octanol–water partition coefficient (Wildman–Crippen LogP) is 3.98. The number of carboxylic acids is 1. The van der Waals surface area contributed by atoms with Crippen LogP contribution in [0.15, 0.2) is 51.6 Å². The molecule has 2 aromatic heterocycles. The summed E-state index contributed by atoms with van der Waals surface area (Å²) in [7, 11) is 0. The third-order valence-corrected chi connectivity index (χ3v) is 4.86. The number of thiophene rings is 1. The number of amides is 1. The van der Waals surface area contributed by atoms with Crippen molar-refractivity contribution in [3.8, 4) is 11.5 Å². The van der Waals surface area contributed by atoms with E-state index in [1.807, 2.05) is 47.2 Å². The molecule has 0 spiro atoms. The van der Waals surface area contributed by atoms with Crippen molar-refractivity contribution in [3.05, 3.63) is 64.2 Å². The summed E-state index contributed by atoms with van der Waals surface area (Å²) in [6, 6.07) is 10.9. The topological polar surface area (TPSA) is 92.4 Å². The molecule has 27 heavy (non-hydrogen) atoms. The van der Waals surface area contributed by atoms with Crippen LogP contribution in [0, 0.1) is 6.92 Å². The van der Waals surface area contributed by atoms with Gasteiger partial charge in [0.1, 0.15) is 5.76 Å². The maximum absolute atomic E-state index is 12.6. The summed E-state index contributed by atoms with van der Waals surface area (Å²) in [6.07, 6.45) is 0.379. The van der Waals surface area contributed by atoms with E-state index in [2.05, 4.69) is 10.3 Å². The van der Waals surface area contributed by atoms with Crippen molar-refractivity contribution in [2.75, 3.05) is 0 Å². The Balaban J connectivity index is 1.70. The van der Waals surface area contributed by atoms with Gasteiger partial charge in [0.15, 0.2) is 0 Å². The molecule has 2 N–H and O–H groups in total. The Kier molecular flexibility index (Phi) is 6.03. The number of rotatable bonds is 8. The Bertz CT molecular complexity index is 903. The number of nitrogens with zero attached hydrogens (tertiary/aromatic N) is 1. The van der Waals surface area contributed by atoms with Gasteiger partial charge in [-0.2, -0.15) is 11.3 Å². The molecule has 0 aliphatic heterocycles. The maximum atomic E-state index is 12.6. The van der Waals surface area contributed by atoms with Crippen molar-refractivity contribution < 1.29 is 19.1 Å². The second kappa shape index (κ2) is 8.64. The lowest BCUT2D eigenvalue weighted by atomic mass is 10.0. The minimum atomic E-state index is -0.891. The smallest absolute Gasteiger partial charge is 0.303 e. The Morgan fingerprint density at radius 3 is 2.70 bits per heavy atom. The Hall–Kier alpha value is -2.93. The number of nitrogens with one attached hydrogen (secondary N) is 1. The van der Waals surface area contributed by atoms with E-state index in [0.29, 0.717) is 23.8 Å². The van der Waals surface area contributed by atoms with E-state index < -0.39 is 5.97 Å². The molecule has 1 amide bonds. The molecule has 0 aliphatic carbocycles. The second-order valence-electron chi connectivity index (χ2n) is 6.17. The highest BCUT2D eigenvalue weighted by Crippen LogP contribution is 2.24. The van der Waals surface area contributed by atoms with Crippen LogP contribution in [-0.2, 0) is 16.0 Å². The molecule has 1 aromatic carbocycles. The molecule has 0 aliphatic rings. The van der Waals surface area contributed by atoms with Crippen LogP contribution in [0.2, 0.25) is 0 Å². The highest BCUT2D eigenvalue weighted by atomic mass is 32.1. The predicted molar refractivity (Wildman–Crippen MR) is 102 cm³/mol. The number of oxazole rings is 1. The van der Waals surface area contributed by atoms with Gasteiger partial charge in [-0.3, -0.25) is 9.59 Å². The third-order valence-electron chi connectivity index (χ3n) is 4.17. The van der Waals surface area contributed by atoms with Crippen LogP contribution in [0.5, 0.6) is 0 Å². The molecular weight excluding hydrogens is 364 g/mol. The fourth-order valence-electron chi connectivity index (χ4n) is 2.77. The van der Waals surface area contributed by atoms with Gasteiger partial charge in [-0.1, -0.05) is 30.3 Å². The average Bonchev–Trinajstić information content (AvgIpc) is 3.29. The number of hydrogen-bond donors (Lipinski definition) is 2. The molecule has 0 fully saturated rings. The average molecular weight is 384 g/mol. The molecule has 3 rings (SSSR count). The first kappa shape index (κ1) is 18.8. The quantitative estimate of drug-likeness (QED) is 0.613. The Morgan fingerprint density at radius 1 is 1.26 bits per heavy atom. The van der Waals surface area contributed by atoms with E-state index in [-0.39, 0.29) is 24.8 Å². The van der Waals surface area contributed by atoms with Gasteiger partial charge in [0, 0.05) is 17.4 Å². The zero-order chi connectivity index (χ0) is 19.2. The summed E-state index contributed by atoms with van der Waals surface area (Å²) >= 11 is 1.55. The first-order valence-electron chi connectivity index (χ1n) is 8.58. The minimum Gasteiger partial charge on any atom is -0.481 e. The normalized spacial score (nSPS) is 11.9. The maximum Gasteiger partial charge on any atom is 0.303 e. The summed E-state index contributed by atoms with van der Waals surface area (Å²) in [5, 5.41) is 15.8. The molecule has 0 saturated heterocycles. The molecule has 7 heteroatoms. The molecule has 1 unspecified atom stereocenters. The highest BCUT2D eigenvalue weighted by Gasteiger charge is 2.19. The van der Waals surface area contributed by atoms with Gasteiger partial charge in [0.05, 0.1) is 18.2 Å². The molecule has 1 atom stereocenters. The van der Waals surface area contributed by atoms with Gasteiger partial charge in [-0.05, 0) is 30.4 Å². The molecular formula is C20H20N2O4S. The van der Waals surface area contributed by atoms with Crippen LogP contribution < -0.4 is 5.32 Å². The number of carboxylic acid groups (broad SMARTS) is 1. The summed E-state index contributed by atoms with van der Waals surface area (Å²) in [4.78, 5) is 27.9. The summed E-state index contributed by atoms with van der Waals surface area (Å²) < 4.78 is 5.67. The van der Waals surface area contributed by atoms with Gasteiger partial charge < -0.3 is 14.8 Å². The summed E-state index contributed by atoms with van der Waals surface area (Å²) in [5.41, 5.74) is 2.35. The number of carbonyl (C=O) groups is 2. The lowest BCUT2D eigenvalue weighted by molar-refractivity contribution is -0.137. The first-order chi connectivity index (χ1) is 13.0. The fourth-order valence-corrected chi connectivity index (χ4v) is 3.40. The number of aromatic nitrogens is 1. The van der Waals surface area contributed by atoms with Crippen molar-refractivity contribution >= 4 is 23.2 Å². The Morgan fingerprint density at radius 2 is 2.04 bits per heavy atom. The van der Waals surface area contributed by atoms with Crippen LogP contribution in [0.25, 0.3) is 11.5 Å². The van der Waals surface area contributed by atoms with E-state index in [0.717, 1.165) is 11.1 Å². The molecule has 140 valence electrons. The standard InChI is InChI=1S/C20H20N2O4S/c1-13-17(22-20(26-13)15-9-10-27-12-15)11-18(23)21-16(7-8-19(24)25)14-5-3-2-4-6-14/h2-6,9-10,12,16H,7-8,11H2,1H3,(H,21,23)(H,24,25). The lowest BCUT2D eigenvalue weighted by Gasteiger charge is -2.18. The third kappa shape index (κ3) is 5.04. The number of hydrogen-bond acceptors (Lipinski definition) is 5. The van der Waals surface area contributed by atoms with Crippen molar-refractivity contribution in [1.29, 1.82) is 0 Å². The van der Waals surface area contributed by atoms with Crippen LogP contribution in [0.4, 0.5) is 0 Å². The van der Waals surface area contributed by atoms with Crippen molar-refractivity contribution in [2.24, 2.45) is 0 Å². The summed E-state index contributed by atoms with van der Waals surface area (Å²) in [6.45, 7) is 1.78. The second-order valence-corrected chi connectivity index (χ2v) is 6.95. The minimum absolute atomic E-state index is 0.0227. The molecule has 6 nitrogen and oxygen atoms in total. The van der Waals surface area contributed by atoms with Crippen LogP contribution in [-0.4, -0.2) is 22.0 Å².